The van der Waals surface area contributed by atoms with Gasteiger partial charge in [0, 0.05) is 17.8 Å². The van der Waals surface area contributed by atoms with Crippen LogP contribution in [0.2, 0.25) is 0 Å². The summed E-state index contributed by atoms with van der Waals surface area (Å²) in [5, 5.41) is 5.50. The first-order chi connectivity index (χ1) is 19.1. The predicted octanol–water partition coefficient (Wildman–Crippen LogP) is 7.03. The maximum atomic E-state index is 13.6. The zero-order valence-electron chi connectivity index (χ0n) is 21.5. The van der Waals surface area contributed by atoms with Crippen LogP contribution in [0.25, 0.3) is 0 Å². The van der Waals surface area contributed by atoms with Crippen molar-refractivity contribution < 1.29 is 13.6 Å². The van der Waals surface area contributed by atoms with Crippen LogP contribution in [0.15, 0.2) is 113 Å². The summed E-state index contributed by atoms with van der Waals surface area (Å²) in [5.74, 6) is 0.453. The Labute approximate surface area is 232 Å². The van der Waals surface area contributed by atoms with E-state index >= 15 is 0 Å². The molecule has 0 aliphatic rings. The van der Waals surface area contributed by atoms with Gasteiger partial charge in [-0.15, -0.1) is 11.3 Å². The zero-order valence-corrected chi connectivity index (χ0v) is 22.3. The molecule has 3 aromatic carbocycles. The van der Waals surface area contributed by atoms with Crippen molar-refractivity contribution in [2.45, 2.75) is 32.0 Å². The molecule has 0 fully saturated rings. The van der Waals surface area contributed by atoms with Gasteiger partial charge in [-0.25, -0.2) is 9.37 Å². The van der Waals surface area contributed by atoms with E-state index in [0.29, 0.717) is 31.1 Å². The van der Waals surface area contributed by atoms with Crippen molar-refractivity contribution >= 4 is 17.2 Å². The van der Waals surface area contributed by atoms with Gasteiger partial charge in [0.05, 0.1) is 19.4 Å². The average molecular weight is 540 g/mol. The molecule has 39 heavy (non-hydrogen) atoms. The van der Waals surface area contributed by atoms with E-state index in [0.717, 1.165) is 23.5 Å². The SMILES string of the molecule is O=C(NCc1ccco1)c1csc(CN(CCC(c2ccccc2)c2ccccc2)Cc2ccc(F)cc2)n1. The Bertz CT molecular complexity index is 1400. The van der Waals surface area contributed by atoms with Crippen molar-refractivity contribution in [2.24, 2.45) is 0 Å². The summed E-state index contributed by atoms with van der Waals surface area (Å²) in [6.07, 6.45) is 2.48. The number of furan rings is 1. The molecule has 2 heterocycles. The van der Waals surface area contributed by atoms with Crippen molar-refractivity contribution in [2.75, 3.05) is 6.54 Å². The second-order valence-corrected chi connectivity index (χ2v) is 10.3. The third kappa shape index (κ3) is 7.50. The molecule has 5 nitrogen and oxygen atoms in total. The summed E-state index contributed by atoms with van der Waals surface area (Å²) in [7, 11) is 0. The Morgan fingerprint density at radius 3 is 2.23 bits per heavy atom. The van der Waals surface area contributed by atoms with E-state index in [1.165, 1.54) is 34.6 Å². The molecule has 0 bridgehead atoms. The van der Waals surface area contributed by atoms with Gasteiger partial charge in [0.25, 0.3) is 5.91 Å². The summed E-state index contributed by atoms with van der Waals surface area (Å²) >= 11 is 1.47. The number of hydrogen-bond acceptors (Lipinski definition) is 5. The highest BCUT2D eigenvalue weighted by molar-refractivity contribution is 7.09. The zero-order chi connectivity index (χ0) is 26.9. The minimum atomic E-state index is -0.247. The lowest BCUT2D eigenvalue weighted by molar-refractivity contribution is 0.0943. The van der Waals surface area contributed by atoms with Gasteiger partial charge in [0.2, 0.25) is 0 Å². The monoisotopic (exact) mass is 539 g/mol. The standard InChI is InChI=1S/C32H30FN3O2S/c33-27-15-13-24(14-16-27)21-36(18-17-29(25-8-3-1-4-9-25)26-10-5-2-6-11-26)22-31-35-30(23-39-31)32(37)34-20-28-12-7-19-38-28/h1-16,19,23,29H,17-18,20-22H2,(H,34,37). The molecule has 1 amide bonds. The summed E-state index contributed by atoms with van der Waals surface area (Å²) in [4.78, 5) is 19.6. The number of nitrogens with zero attached hydrogens (tertiary/aromatic N) is 2. The number of halogens is 1. The second kappa shape index (κ2) is 13.1. The van der Waals surface area contributed by atoms with Crippen molar-refractivity contribution in [3.8, 4) is 0 Å². The second-order valence-electron chi connectivity index (χ2n) is 9.39. The van der Waals surface area contributed by atoms with Crippen LogP contribution in [-0.4, -0.2) is 22.3 Å². The van der Waals surface area contributed by atoms with E-state index in [-0.39, 0.29) is 17.6 Å². The van der Waals surface area contributed by atoms with E-state index < -0.39 is 0 Å². The molecule has 0 saturated carbocycles. The van der Waals surface area contributed by atoms with E-state index in [9.17, 15) is 9.18 Å². The summed E-state index contributed by atoms with van der Waals surface area (Å²) in [5.41, 5.74) is 3.97. The van der Waals surface area contributed by atoms with Crippen LogP contribution in [-0.2, 0) is 19.6 Å². The molecule has 7 heteroatoms. The third-order valence-corrected chi connectivity index (χ3v) is 7.44. The van der Waals surface area contributed by atoms with Crippen LogP contribution in [0, 0.1) is 5.82 Å². The Balaban J connectivity index is 1.31. The van der Waals surface area contributed by atoms with Gasteiger partial charge in [-0.05, 0) is 53.9 Å². The highest BCUT2D eigenvalue weighted by Gasteiger charge is 2.18. The first-order valence-corrected chi connectivity index (χ1v) is 13.8. The predicted molar refractivity (Wildman–Crippen MR) is 152 cm³/mol. The van der Waals surface area contributed by atoms with Crippen LogP contribution in [0.3, 0.4) is 0 Å². The van der Waals surface area contributed by atoms with Crippen LogP contribution in [0.5, 0.6) is 0 Å². The number of amides is 1. The first-order valence-electron chi connectivity index (χ1n) is 13.0. The molecule has 0 saturated heterocycles. The molecule has 0 spiro atoms. The minimum absolute atomic E-state index is 0.229. The van der Waals surface area contributed by atoms with Crippen LogP contribution in [0.1, 0.15) is 50.3 Å². The molecule has 198 valence electrons. The number of carbonyl (C=O) groups excluding carboxylic acids is 1. The quantitative estimate of drug-likeness (QED) is 0.185. The van der Waals surface area contributed by atoms with E-state index in [4.69, 9.17) is 4.42 Å². The first kappa shape index (κ1) is 26.5. The lowest BCUT2D eigenvalue weighted by Gasteiger charge is -2.25. The highest BCUT2D eigenvalue weighted by Crippen LogP contribution is 2.29. The molecule has 0 aliphatic heterocycles. The number of hydrogen-bond donors (Lipinski definition) is 1. The minimum Gasteiger partial charge on any atom is -0.467 e. The number of rotatable bonds is 12. The van der Waals surface area contributed by atoms with Crippen LogP contribution >= 0.6 is 11.3 Å². The molecule has 0 atom stereocenters. The van der Waals surface area contributed by atoms with E-state index in [1.807, 2.05) is 30.3 Å². The molecule has 0 aliphatic carbocycles. The summed E-state index contributed by atoms with van der Waals surface area (Å²) in [6, 6.07) is 31.3. The molecule has 1 N–H and O–H groups in total. The average Bonchev–Trinajstić information content (AvgIpc) is 3.67. The summed E-state index contributed by atoms with van der Waals surface area (Å²) in [6.45, 7) is 2.35. The summed E-state index contributed by atoms with van der Waals surface area (Å²) < 4.78 is 18.9. The lowest BCUT2D eigenvalue weighted by atomic mass is 9.88. The molecule has 0 unspecified atom stereocenters. The molecule has 0 radical (unpaired) electrons. The van der Waals surface area contributed by atoms with Crippen LogP contribution in [0.4, 0.5) is 4.39 Å². The Kier molecular flexibility index (Phi) is 8.94. The van der Waals surface area contributed by atoms with Gasteiger partial charge in [0.1, 0.15) is 22.3 Å². The molecular formula is C32H30FN3O2S. The lowest BCUT2D eigenvalue weighted by Crippen LogP contribution is -2.26. The van der Waals surface area contributed by atoms with Gasteiger partial charge in [-0.3, -0.25) is 9.69 Å². The number of benzene rings is 3. The molecule has 5 aromatic rings. The van der Waals surface area contributed by atoms with Gasteiger partial charge in [0.15, 0.2) is 0 Å². The van der Waals surface area contributed by atoms with Gasteiger partial charge in [-0.1, -0.05) is 72.8 Å². The fraction of sp³-hybridized carbons (Fsp3) is 0.188. The van der Waals surface area contributed by atoms with Gasteiger partial charge >= 0.3 is 0 Å². The van der Waals surface area contributed by atoms with Gasteiger partial charge < -0.3 is 9.73 Å². The van der Waals surface area contributed by atoms with Gasteiger partial charge in [-0.2, -0.15) is 0 Å². The van der Waals surface area contributed by atoms with Crippen molar-refractivity contribution in [1.82, 2.24) is 15.2 Å². The maximum Gasteiger partial charge on any atom is 0.271 e. The largest absolute Gasteiger partial charge is 0.467 e. The number of nitrogens with one attached hydrogen (secondary N) is 1. The Hall–Kier alpha value is -4.07. The maximum absolute atomic E-state index is 13.6. The van der Waals surface area contributed by atoms with Crippen molar-refractivity contribution in [3.05, 3.63) is 148 Å². The molecule has 5 rings (SSSR count). The number of aromatic nitrogens is 1. The fourth-order valence-electron chi connectivity index (χ4n) is 4.62. The topological polar surface area (TPSA) is 58.4 Å². The Morgan fingerprint density at radius 1 is 0.897 bits per heavy atom. The number of thiazole rings is 1. The Morgan fingerprint density at radius 2 is 1.59 bits per heavy atom. The van der Waals surface area contributed by atoms with Crippen molar-refractivity contribution in [3.63, 3.8) is 0 Å². The number of carbonyl (C=O) groups is 1. The van der Waals surface area contributed by atoms with E-state index in [2.05, 4.69) is 63.7 Å². The fourth-order valence-corrected chi connectivity index (χ4v) is 5.44. The smallest absolute Gasteiger partial charge is 0.271 e. The molecule has 2 aromatic heterocycles. The normalized spacial score (nSPS) is 11.3. The molecular weight excluding hydrogens is 509 g/mol. The third-order valence-electron chi connectivity index (χ3n) is 6.60. The van der Waals surface area contributed by atoms with E-state index in [1.54, 1.807) is 17.7 Å². The van der Waals surface area contributed by atoms with Crippen LogP contribution < -0.4 is 5.32 Å². The highest BCUT2D eigenvalue weighted by atomic mass is 32.1. The van der Waals surface area contributed by atoms with Crippen molar-refractivity contribution in [1.29, 1.82) is 0 Å².